The molecule has 1 aliphatic rings. The molecule has 0 aromatic carbocycles. The van der Waals surface area contributed by atoms with Gasteiger partial charge in [-0.25, -0.2) is 0 Å². The first kappa shape index (κ1) is 12.2. The SMILES string of the molecule is CCO[Si](C)(C)CN1CCN(C)CC1. The van der Waals surface area contributed by atoms with Crippen LogP contribution in [0.2, 0.25) is 13.1 Å². The van der Waals surface area contributed by atoms with Crippen molar-refractivity contribution < 1.29 is 4.43 Å². The lowest BCUT2D eigenvalue weighted by atomic mass is 10.4. The predicted molar refractivity (Wildman–Crippen MR) is 63.0 cm³/mol. The van der Waals surface area contributed by atoms with Crippen LogP contribution in [-0.4, -0.2) is 64.1 Å². The lowest BCUT2D eigenvalue weighted by molar-refractivity contribution is 0.163. The van der Waals surface area contributed by atoms with Crippen LogP contribution in [0.1, 0.15) is 6.92 Å². The topological polar surface area (TPSA) is 15.7 Å². The van der Waals surface area contributed by atoms with Crippen LogP contribution in [0.15, 0.2) is 0 Å². The molecule has 0 atom stereocenters. The minimum atomic E-state index is -1.41. The second kappa shape index (κ2) is 5.26. The van der Waals surface area contributed by atoms with Crippen LogP contribution in [0, 0.1) is 0 Å². The quantitative estimate of drug-likeness (QED) is 0.653. The van der Waals surface area contributed by atoms with Crippen molar-refractivity contribution in [2.24, 2.45) is 0 Å². The molecule has 0 bridgehead atoms. The van der Waals surface area contributed by atoms with E-state index in [9.17, 15) is 0 Å². The standard InChI is InChI=1S/C10H24N2OSi/c1-5-13-14(3,4)10-12-8-6-11(2)7-9-12/h5-10H2,1-4H3. The Kier molecular flexibility index (Phi) is 4.57. The van der Waals surface area contributed by atoms with Gasteiger partial charge >= 0.3 is 0 Å². The molecule has 0 radical (unpaired) electrons. The van der Waals surface area contributed by atoms with E-state index in [4.69, 9.17) is 4.43 Å². The molecule has 1 saturated heterocycles. The fourth-order valence-electron chi connectivity index (χ4n) is 1.98. The van der Waals surface area contributed by atoms with E-state index >= 15 is 0 Å². The highest BCUT2D eigenvalue weighted by molar-refractivity contribution is 6.71. The Morgan fingerprint density at radius 3 is 2.21 bits per heavy atom. The molecule has 1 fully saturated rings. The minimum Gasteiger partial charge on any atom is -0.416 e. The van der Waals surface area contributed by atoms with Gasteiger partial charge in [0.15, 0.2) is 8.32 Å². The van der Waals surface area contributed by atoms with Crippen molar-refractivity contribution in [3.63, 3.8) is 0 Å². The maximum absolute atomic E-state index is 5.84. The van der Waals surface area contributed by atoms with E-state index < -0.39 is 8.32 Å². The van der Waals surface area contributed by atoms with Crippen molar-refractivity contribution in [1.29, 1.82) is 0 Å². The molecular formula is C10H24N2OSi. The van der Waals surface area contributed by atoms with Crippen LogP contribution >= 0.6 is 0 Å². The molecule has 1 heterocycles. The third kappa shape index (κ3) is 4.08. The van der Waals surface area contributed by atoms with Crippen LogP contribution < -0.4 is 0 Å². The van der Waals surface area contributed by atoms with E-state index in [2.05, 4.69) is 36.9 Å². The molecule has 1 aliphatic heterocycles. The fourth-order valence-corrected chi connectivity index (χ4v) is 4.25. The van der Waals surface area contributed by atoms with Gasteiger partial charge in [0.05, 0.1) is 0 Å². The highest BCUT2D eigenvalue weighted by Crippen LogP contribution is 2.09. The maximum atomic E-state index is 5.84. The molecule has 0 spiro atoms. The second-order valence-electron chi connectivity index (χ2n) is 4.77. The number of nitrogens with zero attached hydrogens (tertiary/aromatic N) is 2. The highest BCUT2D eigenvalue weighted by Gasteiger charge is 2.26. The number of rotatable bonds is 4. The summed E-state index contributed by atoms with van der Waals surface area (Å²) in [6, 6.07) is 0. The summed E-state index contributed by atoms with van der Waals surface area (Å²) in [6.07, 6.45) is 1.19. The first-order valence-electron chi connectivity index (χ1n) is 5.58. The summed E-state index contributed by atoms with van der Waals surface area (Å²) in [5.41, 5.74) is 0. The summed E-state index contributed by atoms with van der Waals surface area (Å²) in [4.78, 5) is 4.95. The lowest BCUT2D eigenvalue weighted by Crippen LogP contribution is -2.52. The first-order valence-corrected chi connectivity index (χ1v) is 8.70. The zero-order valence-electron chi connectivity index (χ0n) is 10.0. The smallest absolute Gasteiger partial charge is 0.200 e. The van der Waals surface area contributed by atoms with Crippen LogP contribution in [0.5, 0.6) is 0 Å². The largest absolute Gasteiger partial charge is 0.416 e. The molecular weight excluding hydrogens is 192 g/mol. The normalized spacial score (nSPS) is 21.4. The first-order chi connectivity index (χ1) is 6.53. The molecule has 1 rings (SSSR count). The van der Waals surface area contributed by atoms with Crippen LogP contribution in [-0.2, 0) is 4.43 Å². The van der Waals surface area contributed by atoms with Gasteiger partial charge in [-0.3, -0.25) is 0 Å². The van der Waals surface area contributed by atoms with E-state index in [1.54, 1.807) is 0 Å². The van der Waals surface area contributed by atoms with Gasteiger partial charge in [0.2, 0.25) is 0 Å². The van der Waals surface area contributed by atoms with Gasteiger partial charge in [0, 0.05) is 39.0 Å². The predicted octanol–water partition coefficient (Wildman–Crippen LogP) is 1.01. The number of piperazine rings is 1. The van der Waals surface area contributed by atoms with E-state index in [-0.39, 0.29) is 0 Å². The van der Waals surface area contributed by atoms with Crippen LogP contribution in [0.4, 0.5) is 0 Å². The third-order valence-electron chi connectivity index (χ3n) is 2.74. The van der Waals surface area contributed by atoms with Crippen molar-refractivity contribution in [3.8, 4) is 0 Å². The summed E-state index contributed by atoms with van der Waals surface area (Å²) in [6.45, 7) is 12.4. The molecule has 84 valence electrons. The van der Waals surface area contributed by atoms with Crippen LogP contribution in [0.3, 0.4) is 0 Å². The van der Waals surface area contributed by atoms with Crippen molar-refractivity contribution in [3.05, 3.63) is 0 Å². The zero-order chi connectivity index (χ0) is 10.6. The average Bonchev–Trinajstić information content (AvgIpc) is 2.08. The molecule has 0 saturated carbocycles. The molecule has 0 N–H and O–H groups in total. The van der Waals surface area contributed by atoms with Gasteiger partial charge in [0.1, 0.15) is 0 Å². The van der Waals surface area contributed by atoms with Gasteiger partial charge in [-0.2, -0.15) is 0 Å². The number of hydrogen-bond acceptors (Lipinski definition) is 3. The van der Waals surface area contributed by atoms with E-state index in [1.807, 2.05) is 0 Å². The maximum Gasteiger partial charge on any atom is 0.200 e. The Morgan fingerprint density at radius 2 is 1.71 bits per heavy atom. The van der Waals surface area contributed by atoms with E-state index in [0.717, 1.165) is 6.61 Å². The highest BCUT2D eigenvalue weighted by atomic mass is 28.4. The van der Waals surface area contributed by atoms with Crippen molar-refractivity contribution in [2.75, 3.05) is 46.0 Å². The summed E-state index contributed by atoms with van der Waals surface area (Å²) >= 11 is 0. The summed E-state index contributed by atoms with van der Waals surface area (Å²) in [5, 5.41) is 0. The summed E-state index contributed by atoms with van der Waals surface area (Å²) < 4.78 is 5.84. The van der Waals surface area contributed by atoms with E-state index in [1.165, 1.54) is 32.3 Å². The molecule has 0 aromatic heterocycles. The minimum absolute atomic E-state index is 0.868. The van der Waals surface area contributed by atoms with Crippen molar-refractivity contribution >= 4 is 8.32 Å². The number of hydrogen-bond donors (Lipinski definition) is 0. The van der Waals surface area contributed by atoms with Gasteiger partial charge in [-0.05, 0) is 27.1 Å². The van der Waals surface area contributed by atoms with Gasteiger partial charge in [-0.1, -0.05) is 0 Å². The fraction of sp³-hybridized carbons (Fsp3) is 1.00. The summed E-state index contributed by atoms with van der Waals surface area (Å²) in [5.74, 6) is 0. The third-order valence-corrected chi connectivity index (χ3v) is 5.01. The second-order valence-corrected chi connectivity index (χ2v) is 8.90. The molecule has 4 heteroatoms. The van der Waals surface area contributed by atoms with Gasteiger partial charge < -0.3 is 14.2 Å². The Bertz CT molecular complexity index is 168. The Hall–Kier alpha value is 0.0969. The average molecular weight is 216 g/mol. The van der Waals surface area contributed by atoms with E-state index in [0.29, 0.717) is 0 Å². The van der Waals surface area contributed by atoms with Gasteiger partial charge in [-0.15, -0.1) is 0 Å². The monoisotopic (exact) mass is 216 g/mol. The molecule has 0 amide bonds. The molecule has 0 aromatic rings. The molecule has 14 heavy (non-hydrogen) atoms. The Balaban J connectivity index is 2.29. The number of likely N-dealkylation sites (N-methyl/N-ethyl adjacent to an activating group) is 1. The van der Waals surface area contributed by atoms with Crippen molar-refractivity contribution in [2.45, 2.75) is 20.0 Å². The molecule has 0 unspecified atom stereocenters. The van der Waals surface area contributed by atoms with Crippen molar-refractivity contribution in [1.82, 2.24) is 9.80 Å². The molecule has 0 aliphatic carbocycles. The lowest BCUT2D eigenvalue weighted by Gasteiger charge is -2.36. The van der Waals surface area contributed by atoms with Crippen LogP contribution in [0.25, 0.3) is 0 Å². The zero-order valence-corrected chi connectivity index (χ0v) is 11.0. The summed E-state index contributed by atoms with van der Waals surface area (Å²) in [7, 11) is 0.792. The Labute approximate surface area is 89.2 Å². The Morgan fingerprint density at radius 1 is 1.14 bits per heavy atom. The molecule has 3 nitrogen and oxygen atoms in total. The van der Waals surface area contributed by atoms with Gasteiger partial charge in [0.25, 0.3) is 0 Å².